The molecule has 0 amide bonds. The fourth-order valence-corrected chi connectivity index (χ4v) is 2.45. The summed E-state index contributed by atoms with van der Waals surface area (Å²) in [6, 6.07) is 0. The zero-order chi connectivity index (χ0) is 14.3. The minimum absolute atomic E-state index is 0.475. The molecule has 1 fully saturated rings. The van der Waals surface area contributed by atoms with Gasteiger partial charge in [-0.2, -0.15) is 0 Å². The summed E-state index contributed by atoms with van der Waals surface area (Å²) >= 11 is 3.71. The monoisotopic (exact) mass is 298 g/mol. The van der Waals surface area contributed by atoms with Gasteiger partial charge in [-0.25, -0.2) is 15.0 Å². The fourth-order valence-electron chi connectivity index (χ4n) is 2.33. The number of nitrogens with zero attached hydrogens (tertiary/aromatic N) is 4. The molecule has 3 rings (SSSR count). The van der Waals surface area contributed by atoms with E-state index < -0.39 is 30.6 Å². The summed E-state index contributed by atoms with van der Waals surface area (Å²) in [5, 5.41) is 20.2. The van der Waals surface area contributed by atoms with Gasteiger partial charge in [0.05, 0.1) is 18.6 Å². The molecule has 9 heteroatoms. The lowest BCUT2D eigenvalue weighted by Gasteiger charge is -2.19. The number of aliphatic hydroxyl groups is 2. The van der Waals surface area contributed by atoms with E-state index in [1.165, 1.54) is 12.7 Å². The van der Waals surface area contributed by atoms with Gasteiger partial charge < -0.3 is 19.1 Å². The lowest BCUT2D eigenvalue weighted by atomic mass is 10.1. The zero-order valence-electron chi connectivity index (χ0n) is 10.6. The summed E-state index contributed by atoms with van der Waals surface area (Å²) in [6.07, 6.45) is 0.293. The van der Waals surface area contributed by atoms with Crippen LogP contribution in [-0.4, -0.2) is 54.1 Å². The molecule has 0 bridgehead atoms. The van der Waals surface area contributed by atoms with E-state index >= 15 is 0 Å². The van der Waals surface area contributed by atoms with Gasteiger partial charge in [-0.1, -0.05) is 0 Å². The number of thiol groups is 1. The first-order valence-electron chi connectivity index (χ1n) is 6.08. The second kappa shape index (κ2) is 5.26. The molecule has 0 aliphatic carbocycles. The first-order chi connectivity index (χ1) is 9.63. The van der Waals surface area contributed by atoms with Crippen molar-refractivity contribution in [3.63, 3.8) is 0 Å². The number of hydrogen-bond donors (Lipinski definition) is 3. The van der Waals surface area contributed by atoms with E-state index in [1.54, 1.807) is 17.7 Å². The summed E-state index contributed by atoms with van der Waals surface area (Å²) in [6.45, 7) is 1.70. The molecule has 0 spiro atoms. The summed E-state index contributed by atoms with van der Waals surface area (Å²) in [5.74, 6) is 0. The van der Waals surface area contributed by atoms with E-state index in [4.69, 9.17) is 8.92 Å². The summed E-state index contributed by atoms with van der Waals surface area (Å²) < 4.78 is 12.1. The van der Waals surface area contributed by atoms with Gasteiger partial charge in [0, 0.05) is 0 Å². The molecular formula is C11H14N4O4S. The Morgan fingerprint density at radius 1 is 1.40 bits per heavy atom. The highest BCUT2D eigenvalue weighted by molar-refractivity contribution is 7.75. The summed E-state index contributed by atoms with van der Waals surface area (Å²) in [7, 11) is 0. The minimum atomic E-state index is -1.11. The van der Waals surface area contributed by atoms with Crippen LogP contribution in [0.5, 0.6) is 0 Å². The summed E-state index contributed by atoms with van der Waals surface area (Å²) in [4.78, 5) is 12.1. The van der Waals surface area contributed by atoms with E-state index in [-0.39, 0.29) is 0 Å². The highest BCUT2D eigenvalue weighted by Crippen LogP contribution is 2.33. The van der Waals surface area contributed by atoms with Gasteiger partial charge in [0.1, 0.15) is 30.2 Å². The predicted octanol–water partition coefficient (Wildman–Crippen LogP) is -0.305. The van der Waals surface area contributed by atoms with Crippen LogP contribution in [0, 0.1) is 0 Å². The molecule has 0 saturated carbocycles. The largest absolute Gasteiger partial charge is 0.387 e. The van der Waals surface area contributed by atoms with Crippen LogP contribution in [0.4, 0.5) is 0 Å². The zero-order valence-corrected chi connectivity index (χ0v) is 11.5. The third kappa shape index (κ3) is 2.07. The van der Waals surface area contributed by atoms with E-state index in [9.17, 15) is 10.2 Å². The number of imidazole rings is 1. The Bertz CT molecular complexity index is 609. The van der Waals surface area contributed by atoms with Crippen LogP contribution in [0.1, 0.15) is 13.2 Å². The topological polar surface area (TPSA) is 103 Å². The number of aromatic nitrogens is 4. The molecule has 2 aromatic heterocycles. The van der Waals surface area contributed by atoms with E-state index in [0.717, 1.165) is 0 Å². The van der Waals surface area contributed by atoms with E-state index in [1.807, 2.05) is 0 Å². The number of fused-ring (bicyclic) bond motifs is 1. The number of ether oxygens (including phenoxy) is 1. The normalized spacial score (nSPS) is 31.8. The third-order valence-corrected chi connectivity index (χ3v) is 3.75. The van der Waals surface area contributed by atoms with E-state index in [0.29, 0.717) is 11.2 Å². The van der Waals surface area contributed by atoms with Crippen molar-refractivity contribution in [1.82, 2.24) is 19.5 Å². The molecule has 3 heterocycles. The molecule has 1 aliphatic heterocycles. The third-order valence-electron chi connectivity index (χ3n) is 3.42. The molecule has 1 aliphatic rings. The van der Waals surface area contributed by atoms with Crippen LogP contribution in [0.2, 0.25) is 0 Å². The van der Waals surface area contributed by atoms with Crippen molar-refractivity contribution in [3.8, 4) is 0 Å². The van der Waals surface area contributed by atoms with E-state index in [2.05, 4.69) is 27.9 Å². The van der Waals surface area contributed by atoms with Crippen molar-refractivity contribution in [3.05, 3.63) is 18.9 Å². The summed E-state index contributed by atoms with van der Waals surface area (Å²) in [5.41, 5.74) is 1.11. The number of rotatable bonds is 3. The second-order valence-corrected chi connectivity index (χ2v) is 4.88. The molecule has 0 radical (unpaired) electrons. The molecular weight excluding hydrogens is 284 g/mol. The van der Waals surface area contributed by atoms with Crippen molar-refractivity contribution in [2.45, 2.75) is 37.6 Å². The van der Waals surface area contributed by atoms with Crippen LogP contribution >= 0.6 is 12.9 Å². The van der Waals surface area contributed by atoms with Crippen LogP contribution < -0.4 is 0 Å². The van der Waals surface area contributed by atoms with Gasteiger partial charge in [0.15, 0.2) is 11.9 Å². The van der Waals surface area contributed by atoms with Crippen molar-refractivity contribution in [1.29, 1.82) is 0 Å². The first kappa shape index (κ1) is 13.7. The Morgan fingerprint density at radius 2 is 2.20 bits per heavy atom. The molecule has 2 aromatic rings. The Kier molecular flexibility index (Phi) is 3.61. The maximum atomic E-state index is 10.2. The van der Waals surface area contributed by atoms with Crippen LogP contribution in [0.15, 0.2) is 18.9 Å². The predicted molar refractivity (Wildman–Crippen MR) is 70.8 cm³/mol. The van der Waals surface area contributed by atoms with Crippen molar-refractivity contribution in [2.24, 2.45) is 0 Å². The molecule has 5 atom stereocenters. The quantitative estimate of drug-likeness (QED) is 0.528. The molecule has 8 nitrogen and oxygen atoms in total. The van der Waals surface area contributed by atoms with Gasteiger partial charge in [-0.3, -0.25) is 4.57 Å². The van der Waals surface area contributed by atoms with Gasteiger partial charge in [-0.15, -0.1) is 0 Å². The molecule has 1 saturated heterocycles. The maximum Gasteiger partial charge on any atom is 0.165 e. The highest BCUT2D eigenvalue weighted by atomic mass is 32.1. The SMILES string of the molecule is CC(OS)[C@H]1O[C@@H](n2cnc3cncnc32)[C@H](O)[C@@H]1O. The van der Waals surface area contributed by atoms with Gasteiger partial charge >= 0.3 is 0 Å². The molecule has 20 heavy (non-hydrogen) atoms. The average molecular weight is 298 g/mol. The minimum Gasteiger partial charge on any atom is -0.387 e. The Hall–Kier alpha value is -1.26. The highest BCUT2D eigenvalue weighted by Gasteiger charge is 2.46. The van der Waals surface area contributed by atoms with Gasteiger partial charge in [0.2, 0.25) is 0 Å². The smallest absolute Gasteiger partial charge is 0.165 e. The fraction of sp³-hybridized carbons (Fsp3) is 0.545. The number of hydrogen-bond acceptors (Lipinski definition) is 8. The maximum absolute atomic E-state index is 10.2. The molecule has 1 unspecified atom stereocenters. The standard InChI is InChI=1S/C11H14N4O4S/c1-5(19-20)9-7(16)8(17)11(18-9)15-4-14-6-2-12-3-13-10(6)15/h2-5,7-9,11,16-17,20H,1H3/t5?,7-,8+,9+,11+/m0/s1. The van der Waals surface area contributed by atoms with Crippen molar-refractivity contribution < 1.29 is 19.1 Å². The van der Waals surface area contributed by atoms with Gasteiger partial charge in [0.25, 0.3) is 0 Å². The molecule has 108 valence electrons. The van der Waals surface area contributed by atoms with Gasteiger partial charge in [-0.05, 0) is 19.8 Å². The Morgan fingerprint density at radius 3 is 2.95 bits per heavy atom. The van der Waals surface area contributed by atoms with Crippen molar-refractivity contribution >= 4 is 24.1 Å². The molecule has 0 aromatic carbocycles. The van der Waals surface area contributed by atoms with Crippen molar-refractivity contribution in [2.75, 3.05) is 0 Å². The Balaban J connectivity index is 1.94. The average Bonchev–Trinajstić information content (AvgIpc) is 3.01. The van der Waals surface area contributed by atoms with Crippen LogP contribution in [-0.2, 0) is 8.92 Å². The second-order valence-electron chi connectivity index (χ2n) is 4.67. The number of aliphatic hydroxyl groups excluding tert-OH is 2. The molecule has 2 N–H and O–H groups in total. The first-order valence-corrected chi connectivity index (χ1v) is 6.44. The lowest BCUT2D eigenvalue weighted by Crippen LogP contribution is -2.37. The lowest BCUT2D eigenvalue weighted by molar-refractivity contribution is -0.0664. The van der Waals surface area contributed by atoms with Crippen LogP contribution in [0.25, 0.3) is 11.2 Å². The van der Waals surface area contributed by atoms with Crippen LogP contribution in [0.3, 0.4) is 0 Å². The Labute approximate surface area is 120 Å².